The number of benzene rings is 7. The maximum absolute atomic E-state index is 9.97. The second kappa shape index (κ2) is 12.4. The predicted octanol–water partition coefficient (Wildman–Crippen LogP) is 9.58. The third-order valence-corrected chi connectivity index (χ3v) is 9.97. The van der Waals surface area contributed by atoms with Crippen LogP contribution in [0.2, 0.25) is 0 Å². The summed E-state index contributed by atoms with van der Waals surface area (Å²) < 4.78 is 13.8. The van der Waals surface area contributed by atoms with Gasteiger partial charge in [0.05, 0.1) is 29.0 Å². The lowest BCUT2D eigenvalue weighted by Gasteiger charge is -2.35. The molecule has 2 aliphatic rings. The lowest BCUT2D eigenvalue weighted by molar-refractivity contribution is 0.465. The molecule has 0 aliphatic carbocycles. The van der Waals surface area contributed by atoms with Crippen molar-refractivity contribution in [2.24, 2.45) is 0 Å². The van der Waals surface area contributed by atoms with Crippen LogP contribution in [0.4, 0.5) is 17.1 Å². The van der Waals surface area contributed by atoms with Gasteiger partial charge in [0.2, 0.25) is 0 Å². The molecule has 0 radical (unpaired) electrons. The lowest BCUT2D eigenvalue weighted by atomic mass is 9.34. The van der Waals surface area contributed by atoms with Gasteiger partial charge in [-0.15, -0.1) is 0 Å². The minimum atomic E-state index is -0.169. The van der Waals surface area contributed by atoms with Crippen molar-refractivity contribution < 1.29 is 9.47 Å². The monoisotopic (exact) mass is 667 g/mol. The fraction of sp³-hybridized carbons (Fsp3) is 0.0435. The Bertz CT molecular complexity index is 2460. The van der Waals surface area contributed by atoms with Crippen molar-refractivity contribution in [1.82, 2.24) is 0 Å². The number of rotatable bonds is 5. The second-order valence-electron chi connectivity index (χ2n) is 13.3. The molecular formula is C46H30BN3O2. The van der Waals surface area contributed by atoms with Crippen molar-refractivity contribution in [3.8, 4) is 57.4 Å². The van der Waals surface area contributed by atoms with E-state index in [1.807, 2.05) is 74.5 Å². The van der Waals surface area contributed by atoms with Gasteiger partial charge >= 0.3 is 0 Å². The first-order chi connectivity index (χ1) is 25.5. The minimum absolute atomic E-state index is 0.169. The summed E-state index contributed by atoms with van der Waals surface area (Å²) in [7, 11) is 0. The standard InChI is InChI=1S/C46H30BN3O2/c1-29-13-15-33(27-48)38(21-29)31-17-19-40-42(23-31)51-44-25-37(50(35-9-5-3-6-10-35)36-11-7-4-8-12-36)26-45-46(44)47(40)41-20-18-32(24-43(41)52-45)39-22-30(2)14-16-34(39)28-49/h3-26H,1-2H3. The molecule has 6 heteroatoms. The van der Waals surface area contributed by atoms with Crippen molar-refractivity contribution >= 4 is 40.2 Å². The quantitative estimate of drug-likeness (QED) is 0.171. The van der Waals surface area contributed by atoms with E-state index >= 15 is 0 Å². The molecule has 52 heavy (non-hydrogen) atoms. The topological polar surface area (TPSA) is 69.3 Å². The van der Waals surface area contributed by atoms with Gasteiger partial charge in [-0.05, 0) is 95.6 Å². The molecule has 0 atom stereocenters. The number of nitrogens with zero attached hydrogens (tertiary/aromatic N) is 3. The van der Waals surface area contributed by atoms with E-state index in [2.05, 4.69) is 102 Å². The predicted molar refractivity (Wildman–Crippen MR) is 209 cm³/mol. The molecule has 0 bridgehead atoms. The van der Waals surface area contributed by atoms with Crippen LogP contribution in [-0.2, 0) is 0 Å². The number of nitriles is 2. The highest BCUT2D eigenvalue weighted by Gasteiger charge is 2.41. The first-order valence-corrected chi connectivity index (χ1v) is 17.2. The van der Waals surface area contributed by atoms with Gasteiger partial charge in [-0.3, -0.25) is 0 Å². The Hall–Kier alpha value is -7.02. The largest absolute Gasteiger partial charge is 0.458 e. The molecule has 244 valence electrons. The fourth-order valence-corrected chi connectivity index (χ4v) is 7.53. The summed E-state index contributed by atoms with van der Waals surface area (Å²) in [5.41, 5.74) is 12.9. The van der Waals surface area contributed by atoms with Crippen LogP contribution in [0.5, 0.6) is 23.0 Å². The van der Waals surface area contributed by atoms with Crippen molar-refractivity contribution in [2.45, 2.75) is 13.8 Å². The number of aryl methyl sites for hydroxylation is 2. The van der Waals surface area contributed by atoms with Gasteiger partial charge in [0.15, 0.2) is 0 Å². The van der Waals surface area contributed by atoms with Crippen LogP contribution in [0.25, 0.3) is 22.3 Å². The first-order valence-electron chi connectivity index (χ1n) is 17.2. The van der Waals surface area contributed by atoms with E-state index < -0.39 is 0 Å². The molecule has 0 aromatic heterocycles. The molecule has 7 aromatic rings. The Morgan fingerprint density at radius 3 is 1.38 bits per heavy atom. The van der Waals surface area contributed by atoms with E-state index in [-0.39, 0.29) is 6.71 Å². The summed E-state index contributed by atoms with van der Waals surface area (Å²) in [6.07, 6.45) is 0. The van der Waals surface area contributed by atoms with Crippen LogP contribution in [0, 0.1) is 36.5 Å². The highest BCUT2D eigenvalue weighted by Crippen LogP contribution is 2.43. The smallest absolute Gasteiger partial charge is 0.260 e. The summed E-state index contributed by atoms with van der Waals surface area (Å²) in [5, 5.41) is 19.9. The SMILES string of the molecule is Cc1ccc(C#N)c(-c2ccc3c(c2)Oc2cc(N(c4ccccc4)c4ccccc4)cc4c2B3c2ccc(-c3cc(C)ccc3C#N)cc2O4)c1. The second-order valence-corrected chi connectivity index (χ2v) is 13.3. The Morgan fingerprint density at radius 2 is 0.942 bits per heavy atom. The fourth-order valence-electron chi connectivity index (χ4n) is 7.53. The molecule has 0 saturated heterocycles. The number of anilines is 3. The molecule has 9 rings (SSSR count). The summed E-state index contributed by atoms with van der Waals surface area (Å²) in [6, 6.07) is 53.8. The van der Waals surface area contributed by atoms with E-state index in [0.29, 0.717) is 22.6 Å². The van der Waals surface area contributed by atoms with Crippen LogP contribution in [0.3, 0.4) is 0 Å². The Morgan fingerprint density at radius 1 is 0.481 bits per heavy atom. The minimum Gasteiger partial charge on any atom is -0.458 e. The van der Waals surface area contributed by atoms with Crippen molar-refractivity contribution in [3.05, 3.63) is 168 Å². The zero-order valence-corrected chi connectivity index (χ0v) is 28.6. The highest BCUT2D eigenvalue weighted by atomic mass is 16.5. The normalized spacial score (nSPS) is 11.9. The molecule has 0 unspecified atom stereocenters. The van der Waals surface area contributed by atoms with E-state index in [1.54, 1.807) is 0 Å². The molecule has 2 heterocycles. The Kier molecular flexibility index (Phi) is 7.39. The zero-order valence-electron chi connectivity index (χ0n) is 28.6. The van der Waals surface area contributed by atoms with E-state index in [9.17, 15) is 10.5 Å². The third-order valence-electron chi connectivity index (χ3n) is 9.97. The maximum atomic E-state index is 9.97. The lowest BCUT2D eigenvalue weighted by Crippen LogP contribution is -2.57. The van der Waals surface area contributed by atoms with E-state index in [1.165, 1.54) is 0 Å². The van der Waals surface area contributed by atoms with E-state index in [0.717, 1.165) is 78.3 Å². The number of para-hydroxylation sites is 2. The first kappa shape index (κ1) is 31.0. The third kappa shape index (κ3) is 5.18. The summed E-state index contributed by atoms with van der Waals surface area (Å²) in [4.78, 5) is 2.20. The van der Waals surface area contributed by atoms with Crippen LogP contribution in [0.15, 0.2) is 146 Å². The number of hydrogen-bond acceptors (Lipinski definition) is 5. The Balaban J connectivity index is 1.26. The number of hydrogen-bond donors (Lipinski definition) is 0. The van der Waals surface area contributed by atoms with Crippen LogP contribution in [0.1, 0.15) is 22.3 Å². The average molecular weight is 668 g/mol. The molecule has 0 amide bonds. The molecule has 0 fully saturated rings. The maximum Gasteiger partial charge on any atom is 0.260 e. The summed E-state index contributed by atoms with van der Waals surface area (Å²) in [5.74, 6) is 2.89. The van der Waals surface area contributed by atoms with E-state index in [4.69, 9.17) is 9.47 Å². The molecule has 0 saturated carbocycles. The zero-order chi connectivity index (χ0) is 35.3. The highest BCUT2D eigenvalue weighted by molar-refractivity contribution is 6.98. The van der Waals surface area contributed by atoms with Crippen LogP contribution >= 0.6 is 0 Å². The molecule has 0 N–H and O–H groups in total. The molecular weight excluding hydrogens is 637 g/mol. The molecule has 5 nitrogen and oxygen atoms in total. The summed E-state index contributed by atoms with van der Waals surface area (Å²) >= 11 is 0. The molecule has 7 aromatic carbocycles. The van der Waals surface area contributed by atoms with Gasteiger partial charge in [-0.25, -0.2) is 0 Å². The number of fused-ring (bicyclic) bond motifs is 4. The van der Waals surface area contributed by atoms with Gasteiger partial charge in [-0.2, -0.15) is 10.5 Å². The molecule has 2 aliphatic heterocycles. The van der Waals surface area contributed by atoms with Gasteiger partial charge < -0.3 is 14.4 Å². The molecule has 0 spiro atoms. The number of ether oxygens (including phenoxy) is 2. The van der Waals surface area contributed by atoms with Crippen molar-refractivity contribution in [1.29, 1.82) is 10.5 Å². The Labute approximate surface area is 303 Å². The van der Waals surface area contributed by atoms with Gasteiger partial charge in [0, 0.05) is 29.0 Å². The van der Waals surface area contributed by atoms with Crippen LogP contribution in [-0.4, -0.2) is 6.71 Å². The van der Waals surface area contributed by atoms with Gasteiger partial charge in [0.25, 0.3) is 6.71 Å². The van der Waals surface area contributed by atoms with Crippen molar-refractivity contribution in [2.75, 3.05) is 4.90 Å². The average Bonchev–Trinajstić information content (AvgIpc) is 3.18. The van der Waals surface area contributed by atoms with Gasteiger partial charge in [-0.1, -0.05) is 96.1 Å². The van der Waals surface area contributed by atoms with Crippen LogP contribution < -0.4 is 30.8 Å². The van der Waals surface area contributed by atoms with Gasteiger partial charge in [0.1, 0.15) is 23.0 Å². The summed E-state index contributed by atoms with van der Waals surface area (Å²) in [6.45, 7) is 3.90. The van der Waals surface area contributed by atoms with Crippen molar-refractivity contribution in [3.63, 3.8) is 0 Å².